The fraction of sp³-hybridized carbons (Fsp3) is 0.588. The minimum atomic E-state index is -0.161. The summed E-state index contributed by atoms with van der Waals surface area (Å²) in [5.41, 5.74) is 1.00. The number of methoxy groups -OCH3 is 1. The van der Waals surface area contributed by atoms with Crippen LogP contribution in [0.25, 0.3) is 0 Å². The number of nitrogens with one attached hydrogen (secondary N) is 1. The highest BCUT2D eigenvalue weighted by Gasteiger charge is 2.33. The molecule has 23 heavy (non-hydrogen) atoms. The Morgan fingerprint density at radius 1 is 1.35 bits per heavy atom. The van der Waals surface area contributed by atoms with E-state index in [1.54, 1.807) is 7.11 Å². The van der Waals surface area contributed by atoms with Gasteiger partial charge in [-0.25, -0.2) is 4.79 Å². The highest BCUT2D eigenvalue weighted by Crippen LogP contribution is 2.22. The zero-order valence-electron chi connectivity index (χ0n) is 13.5. The van der Waals surface area contributed by atoms with Crippen molar-refractivity contribution in [3.05, 3.63) is 34.9 Å². The maximum atomic E-state index is 12.6. The van der Waals surface area contributed by atoms with Crippen molar-refractivity contribution in [1.82, 2.24) is 15.1 Å². The number of amides is 2. The molecule has 126 valence electrons. The summed E-state index contributed by atoms with van der Waals surface area (Å²) in [6, 6.07) is 7.90. The van der Waals surface area contributed by atoms with Gasteiger partial charge in [-0.1, -0.05) is 23.7 Å². The molecular formula is C17H24ClN3O2. The first-order chi connectivity index (χ1) is 11.2. The van der Waals surface area contributed by atoms with E-state index in [2.05, 4.69) is 10.2 Å². The number of carbonyl (C=O) groups is 1. The van der Waals surface area contributed by atoms with E-state index >= 15 is 0 Å². The molecule has 2 saturated heterocycles. The minimum Gasteiger partial charge on any atom is -0.382 e. The quantitative estimate of drug-likeness (QED) is 0.918. The van der Waals surface area contributed by atoms with Gasteiger partial charge in [0, 0.05) is 37.8 Å². The van der Waals surface area contributed by atoms with E-state index in [0.717, 1.165) is 25.2 Å². The van der Waals surface area contributed by atoms with E-state index in [0.29, 0.717) is 17.7 Å². The van der Waals surface area contributed by atoms with E-state index < -0.39 is 0 Å². The molecule has 2 aliphatic rings. The summed E-state index contributed by atoms with van der Waals surface area (Å²) >= 11 is 5.94. The summed E-state index contributed by atoms with van der Waals surface area (Å²) < 4.78 is 5.27. The standard InChI is InChI=1S/C17H24ClN3O2/c1-23-12-16(13-4-6-14(18)7-5-13)19-17(22)21-10-9-20-8-2-3-15(20)11-21/h4-7,15-16H,2-3,8-12H2,1H3,(H,19,22)/t15-,16-/m0/s1. The van der Waals surface area contributed by atoms with Crippen molar-refractivity contribution in [2.24, 2.45) is 0 Å². The second-order valence-corrected chi connectivity index (χ2v) is 6.72. The van der Waals surface area contributed by atoms with Crippen molar-refractivity contribution in [3.8, 4) is 0 Å². The summed E-state index contributed by atoms with van der Waals surface area (Å²) in [6.45, 7) is 4.22. The number of rotatable bonds is 4. The number of urea groups is 1. The maximum Gasteiger partial charge on any atom is 0.318 e. The third-order valence-corrected chi connectivity index (χ3v) is 5.03. The zero-order chi connectivity index (χ0) is 16.2. The van der Waals surface area contributed by atoms with Crippen LogP contribution in [0.4, 0.5) is 4.79 Å². The van der Waals surface area contributed by atoms with E-state index in [1.165, 1.54) is 19.4 Å². The molecule has 2 amide bonds. The summed E-state index contributed by atoms with van der Waals surface area (Å²) in [7, 11) is 1.65. The van der Waals surface area contributed by atoms with Gasteiger partial charge in [0.2, 0.25) is 0 Å². The normalized spacial score (nSPS) is 22.7. The second-order valence-electron chi connectivity index (χ2n) is 6.29. The first-order valence-corrected chi connectivity index (χ1v) is 8.59. The fourth-order valence-corrected chi connectivity index (χ4v) is 3.62. The smallest absolute Gasteiger partial charge is 0.318 e. The van der Waals surface area contributed by atoms with Gasteiger partial charge in [-0.2, -0.15) is 0 Å². The lowest BCUT2D eigenvalue weighted by Gasteiger charge is -2.38. The van der Waals surface area contributed by atoms with Crippen molar-refractivity contribution >= 4 is 17.6 Å². The molecule has 0 bridgehead atoms. The van der Waals surface area contributed by atoms with Crippen molar-refractivity contribution in [3.63, 3.8) is 0 Å². The number of hydrogen-bond donors (Lipinski definition) is 1. The Kier molecular flexibility index (Phi) is 5.41. The highest BCUT2D eigenvalue weighted by molar-refractivity contribution is 6.30. The number of hydrogen-bond acceptors (Lipinski definition) is 3. The van der Waals surface area contributed by atoms with Gasteiger partial charge in [0.05, 0.1) is 12.6 Å². The number of nitrogens with zero attached hydrogens (tertiary/aromatic N) is 2. The van der Waals surface area contributed by atoms with Crippen molar-refractivity contribution in [2.75, 3.05) is 39.9 Å². The van der Waals surface area contributed by atoms with Crippen LogP contribution in [-0.2, 0) is 4.74 Å². The average molecular weight is 338 g/mol. The molecule has 3 rings (SSSR count). The van der Waals surface area contributed by atoms with Crippen molar-refractivity contribution < 1.29 is 9.53 Å². The van der Waals surface area contributed by atoms with Gasteiger partial charge in [0.1, 0.15) is 0 Å². The minimum absolute atomic E-state index is 0.00597. The van der Waals surface area contributed by atoms with Gasteiger partial charge in [-0.05, 0) is 37.1 Å². The van der Waals surface area contributed by atoms with E-state index in [4.69, 9.17) is 16.3 Å². The topological polar surface area (TPSA) is 44.8 Å². The molecule has 0 aliphatic carbocycles. The van der Waals surface area contributed by atoms with Gasteiger partial charge < -0.3 is 15.0 Å². The molecular weight excluding hydrogens is 314 g/mol. The number of fused-ring (bicyclic) bond motifs is 1. The van der Waals surface area contributed by atoms with Crippen molar-refractivity contribution in [1.29, 1.82) is 0 Å². The molecule has 0 saturated carbocycles. The highest BCUT2D eigenvalue weighted by atomic mass is 35.5. The van der Waals surface area contributed by atoms with Gasteiger partial charge in [-0.3, -0.25) is 4.90 Å². The largest absolute Gasteiger partial charge is 0.382 e. The molecule has 2 atom stereocenters. The zero-order valence-corrected chi connectivity index (χ0v) is 14.3. The van der Waals surface area contributed by atoms with Gasteiger partial charge in [0.25, 0.3) is 0 Å². The van der Waals surface area contributed by atoms with Crippen LogP contribution in [0, 0.1) is 0 Å². The SMILES string of the molecule is COC[C@H](NC(=O)N1CCN2CCC[C@H]2C1)c1ccc(Cl)cc1. The lowest BCUT2D eigenvalue weighted by Crippen LogP contribution is -2.55. The lowest BCUT2D eigenvalue weighted by molar-refractivity contribution is 0.110. The molecule has 6 heteroatoms. The predicted molar refractivity (Wildman–Crippen MR) is 90.8 cm³/mol. The Bertz CT molecular complexity index is 537. The second kappa shape index (κ2) is 7.51. The van der Waals surface area contributed by atoms with Gasteiger partial charge in [0.15, 0.2) is 0 Å². The van der Waals surface area contributed by atoms with E-state index in [1.807, 2.05) is 29.2 Å². The molecule has 5 nitrogen and oxygen atoms in total. The fourth-order valence-electron chi connectivity index (χ4n) is 3.50. The summed E-state index contributed by atoms with van der Waals surface area (Å²) in [5, 5.41) is 3.79. The molecule has 1 N–H and O–H groups in total. The lowest BCUT2D eigenvalue weighted by atomic mass is 10.1. The van der Waals surface area contributed by atoms with Crippen LogP contribution in [0.1, 0.15) is 24.4 Å². The number of benzene rings is 1. The van der Waals surface area contributed by atoms with Gasteiger partial charge in [-0.15, -0.1) is 0 Å². The van der Waals surface area contributed by atoms with Crippen LogP contribution in [0.15, 0.2) is 24.3 Å². The molecule has 2 fully saturated rings. The summed E-state index contributed by atoms with van der Waals surface area (Å²) in [5.74, 6) is 0. The molecule has 1 aromatic carbocycles. The van der Waals surface area contributed by atoms with Crippen LogP contribution in [0.2, 0.25) is 5.02 Å². The molecule has 0 spiro atoms. The first-order valence-electron chi connectivity index (χ1n) is 8.21. The molecule has 2 aliphatic heterocycles. The third kappa shape index (κ3) is 3.97. The molecule has 1 aromatic rings. The average Bonchev–Trinajstić information content (AvgIpc) is 3.02. The van der Waals surface area contributed by atoms with E-state index in [-0.39, 0.29) is 12.1 Å². The summed E-state index contributed by atoms with van der Waals surface area (Å²) in [4.78, 5) is 17.1. The van der Waals surface area contributed by atoms with Crippen molar-refractivity contribution in [2.45, 2.75) is 24.9 Å². The molecule has 0 radical (unpaired) electrons. The first kappa shape index (κ1) is 16.6. The van der Waals surface area contributed by atoms with Crippen LogP contribution < -0.4 is 5.32 Å². The molecule has 2 heterocycles. The number of carbonyl (C=O) groups excluding carboxylic acids is 1. The Morgan fingerprint density at radius 3 is 2.87 bits per heavy atom. The third-order valence-electron chi connectivity index (χ3n) is 4.78. The van der Waals surface area contributed by atoms with Crippen LogP contribution in [0.3, 0.4) is 0 Å². The maximum absolute atomic E-state index is 12.6. The molecule has 0 unspecified atom stereocenters. The van der Waals surface area contributed by atoms with Crippen LogP contribution in [0.5, 0.6) is 0 Å². The monoisotopic (exact) mass is 337 g/mol. The molecule has 0 aromatic heterocycles. The predicted octanol–water partition coefficient (Wildman–Crippen LogP) is 2.52. The Labute approximate surface area is 142 Å². The van der Waals surface area contributed by atoms with Gasteiger partial charge >= 0.3 is 6.03 Å². The van der Waals surface area contributed by atoms with Crippen LogP contribution in [-0.4, -0.2) is 61.8 Å². The number of piperazine rings is 1. The summed E-state index contributed by atoms with van der Waals surface area (Å²) in [6.07, 6.45) is 2.44. The Balaban J connectivity index is 1.62. The van der Waals surface area contributed by atoms with E-state index in [9.17, 15) is 4.79 Å². The van der Waals surface area contributed by atoms with Crippen LogP contribution >= 0.6 is 11.6 Å². The number of halogens is 1. The Hall–Kier alpha value is -1.30. The number of ether oxygens (including phenoxy) is 1. The Morgan fingerprint density at radius 2 is 2.13 bits per heavy atom.